The van der Waals surface area contributed by atoms with Crippen LogP contribution in [0.2, 0.25) is 0 Å². The zero-order valence-corrected chi connectivity index (χ0v) is 17.0. The molecule has 0 radical (unpaired) electrons. The van der Waals surface area contributed by atoms with Gasteiger partial charge in [0.2, 0.25) is 5.41 Å². The van der Waals surface area contributed by atoms with Gasteiger partial charge in [-0.2, -0.15) is 12.6 Å². The number of benzene rings is 2. The standard InChI is InChI=1S/C22H26O5S/c1-3-26-20(24)22(21(25)27-4-2,17-13-9-6-10-14-17)19(23)18(15-28)16-11-7-5-8-12-16/h5-14,18-19,23,28H,3-4,15H2,1-2H3. The molecule has 0 bridgehead atoms. The Morgan fingerprint density at radius 1 is 0.929 bits per heavy atom. The lowest BCUT2D eigenvalue weighted by molar-refractivity contribution is -0.172. The lowest BCUT2D eigenvalue weighted by atomic mass is 9.70. The molecule has 2 atom stereocenters. The van der Waals surface area contributed by atoms with Gasteiger partial charge in [-0.05, 0) is 30.7 Å². The topological polar surface area (TPSA) is 72.8 Å². The summed E-state index contributed by atoms with van der Waals surface area (Å²) in [5.41, 5.74) is -0.933. The minimum atomic E-state index is -2.02. The maximum atomic E-state index is 13.2. The summed E-state index contributed by atoms with van der Waals surface area (Å²) in [6, 6.07) is 17.6. The van der Waals surface area contributed by atoms with Crippen LogP contribution >= 0.6 is 12.6 Å². The maximum absolute atomic E-state index is 13.2. The Bertz CT molecular complexity index is 745. The van der Waals surface area contributed by atoms with Crippen LogP contribution in [0.5, 0.6) is 0 Å². The Balaban J connectivity index is 2.70. The van der Waals surface area contributed by atoms with E-state index >= 15 is 0 Å². The fourth-order valence-corrected chi connectivity index (χ4v) is 3.72. The van der Waals surface area contributed by atoms with Gasteiger partial charge in [0.25, 0.3) is 0 Å². The highest BCUT2D eigenvalue weighted by Gasteiger charge is 2.58. The van der Waals surface area contributed by atoms with E-state index in [1.165, 1.54) is 0 Å². The van der Waals surface area contributed by atoms with Crippen LogP contribution in [0.15, 0.2) is 60.7 Å². The first-order chi connectivity index (χ1) is 13.5. The van der Waals surface area contributed by atoms with Crippen LogP contribution in [-0.2, 0) is 24.5 Å². The van der Waals surface area contributed by atoms with Crippen molar-refractivity contribution in [2.75, 3.05) is 19.0 Å². The highest BCUT2D eigenvalue weighted by atomic mass is 32.1. The van der Waals surface area contributed by atoms with E-state index in [0.717, 1.165) is 5.56 Å². The first-order valence-corrected chi connectivity index (χ1v) is 9.91. The Labute approximate surface area is 171 Å². The van der Waals surface area contributed by atoms with E-state index < -0.39 is 29.4 Å². The second-order valence-corrected chi connectivity index (χ2v) is 6.62. The molecule has 2 rings (SSSR count). The predicted octanol–water partition coefficient (Wildman–Crippen LogP) is 3.13. The van der Waals surface area contributed by atoms with Gasteiger partial charge in [-0.1, -0.05) is 60.7 Å². The summed E-state index contributed by atoms with van der Waals surface area (Å²) >= 11 is 4.39. The molecule has 0 amide bonds. The number of hydrogen-bond acceptors (Lipinski definition) is 6. The maximum Gasteiger partial charge on any atom is 0.330 e. The van der Waals surface area contributed by atoms with Gasteiger partial charge in [0, 0.05) is 5.92 Å². The van der Waals surface area contributed by atoms with Gasteiger partial charge in [-0.25, -0.2) is 0 Å². The summed E-state index contributed by atoms with van der Waals surface area (Å²) in [5, 5.41) is 11.5. The van der Waals surface area contributed by atoms with Gasteiger partial charge < -0.3 is 14.6 Å². The fourth-order valence-electron chi connectivity index (χ4n) is 3.31. The molecule has 0 aromatic heterocycles. The van der Waals surface area contributed by atoms with Crippen molar-refractivity contribution in [3.05, 3.63) is 71.8 Å². The molecule has 0 heterocycles. The van der Waals surface area contributed by atoms with Crippen molar-refractivity contribution >= 4 is 24.6 Å². The van der Waals surface area contributed by atoms with Gasteiger partial charge in [0.1, 0.15) is 0 Å². The summed E-state index contributed by atoms with van der Waals surface area (Å²) in [6.07, 6.45) is -1.44. The van der Waals surface area contributed by atoms with Gasteiger partial charge in [0.15, 0.2) is 0 Å². The van der Waals surface area contributed by atoms with Crippen molar-refractivity contribution in [2.24, 2.45) is 0 Å². The summed E-state index contributed by atoms with van der Waals surface area (Å²) in [4.78, 5) is 26.3. The van der Waals surface area contributed by atoms with E-state index in [4.69, 9.17) is 9.47 Å². The van der Waals surface area contributed by atoms with Crippen molar-refractivity contribution in [1.82, 2.24) is 0 Å². The van der Waals surface area contributed by atoms with E-state index in [0.29, 0.717) is 5.56 Å². The predicted molar refractivity (Wildman–Crippen MR) is 110 cm³/mol. The number of aliphatic hydroxyl groups is 1. The molecule has 2 aromatic carbocycles. The normalized spacial score (nSPS) is 13.4. The van der Waals surface area contributed by atoms with E-state index in [1.807, 2.05) is 30.3 Å². The minimum Gasteiger partial charge on any atom is -0.465 e. The smallest absolute Gasteiger partial charge is 0.330 e. The lowest BCUT2D eigenvalue weighted by Gasteiger charge is -2.37. The van der Waals surface area contributed by atoms with E-state index in [9.17, 15) is 14.7 Å². The molecule has 5 nitrogen and oxygen atoms in total. The average Bonchev–Trinajstić information content (AvgIpc) is 2.71. The molecule has 6 heteroatoms. The highest BCUT2D eigenvalue weighted by Crippen LogP contribution is 2.39. The second-order valence-electron chi connectivity index (χ2n) is 6.26. The van der Waals surface area contributed by atoms with Crippen LogP contribution in [0.4, 0.5) is 0 Å². The Hall–Kier alpha value is -2.31. The number of rotatable bonds is 9. The van der Waals surface area contributed by atoms with Crippen molar-refractivity contribution in [2.45, 2.75) is 31.3 Å². The average molecular weight is 403 g/mol. The molecule has 2 aromatic rings. The van der Waals surface area contributed by atoms with Crippen LogP contribution in [0.25, 0.3) is 0 Å². The summed E-state index contributed by atoms with van der Waals surface area (Å²) in [5.74, 6) is -2.05. The van der Waals surface area contributed by atoms with Gasteiger partial charge in [-0.15, -0.1) is 0 Å². The van der Waals surface area contributed by atoms with Crippen molar-refractivity contribution in [3.63, 3.8) is 0 Å². The first kappa shape index (κ1) is 22.0. The van der Waals surface area contributed by atoms with Crippen LogP contribution in [0, 0.1) is 0 Å². The second kappa shape index (κ2) is 10.3. The highest BCUT2D eigenvalue weighted by molar-refractivity contribution is 7.80. The third-order valence-corrected chi connectivity index (χ3v) is 5.07. The SMILES string of the molecule is CCOC(=O)C(C(=O)OCC)(c1ccccc1)C(O)C(CS)c1ccccc1. The van der Waals surface area contributed by atoms with Gasteiger partial charge >= 0.3 is 11.9 Å². The number of esters is 2. The molecule has 0 aliphatic heterocycles. The molecule has 150 valence electrons. The Morgan fingerprint density at radius 2 is 1.39 bits per heavy atom. The van der Waals surface area contributed by atoms with Crippen molar-refractivity contribution in [3.8, 4) is 0 Å². The molecular formula is C22H26O5S. The van der Waals surface area contributed by atoms with Crippen LogP contribution in [-0.4, -0.2) is 42.1 Å². The monoisotopic (exact) mass is 402 g/mol. The number of carbonyl (C=O) groups excluding carboxylic acids is 2. The van der Waals surface area contributed by atoms with Crippen molar-refractivity contribution < 1.29 is 24.2 Å². The number of thiol groups is 1. The molecule has 1 N–H and O–H groups in total. The van der Waals surface area contributed by atoms with Gasteiger partial charge in [0.05, 0.1) is 19.3 Å². The van der Waals surface area contributed by atoms with E-state index in [2.05, 4.69) is 12.6 Å². The molecule has 0 aliphatic rings. The number of hydrogen-bond donors (Lipinski definition) is 2. The van der Waals surface area contributed by atoms with Crippen LogP contribution in [0.3, 0.4) is 0 Å². The summed E-state index contributed by atoms with van der Waals surface area (Å²) in [7, 11) is 0. The summed E-state index contributed by atoms with van der Waals surface area (Å²) in [6.45, 7) is 3.43. The Morgan fingerprint density at radius 3 is 1.82 bits per heavy atom. The summed E-state index contributed by atoms with van der Waals surface area (Å²) < 4.78 is 10.5. The first-order valence-electron chi connectivity index (χ1n) is 9.27. The zero-order valence-electron chi connectivity index (χ0n) is 16.1. The number of carbonyl (C=O) groups is 2. The quantitative estimate of drug-likeness (QED) is 0.383. The fraction of sp³-hybridized carbons (Fsp3) is 0.364. The lowest BCUT2D eigenvalue weighted by Crippen LogP contribution is -2.57. The van der Waals surface area contributed by atoms with Crippen LogP contribution < -0.4 is 0 Å². The molecule has 0 saturated heterocycles. The zero-order chi connectivity index (χ0) is 20.6. The molecule has 2 unspecified atom stereocenters. The molecule has 28 heavy (non-hydrogen) atoms. The third kappa shape index (κ3) is 4.23. The molecule has 0 fully saturated rings. The van der Waals surface area contributed by atoms with Gasteiger partial charge in [-0.3, -0.25) is 9.59 Å². The minimum absolute atomic E-state index is 0.0659. The molecular weight excluding hydrogens is 376 g/mol. The van der Waals surface area contributed by atoms with Crippen LogP contribution in [0.1, 0.15) is 30.9 Å². The Kier molecular flexibility index (Phi) is 8.08. The molecule has 0 saturated carbocycles. The number of aliphatic hydroxyl groups excluding tert-OH is 1. The molecule has 0 spiro atoms. The van der Waals surface area contributed by atoms with E-state index in [-0.39, 0.29) is 19.0 Å². The third-order valence-electron chi connectivity index (χ3n) is 4.67. The van der Waals surface area contributed by atoms with Crippen molar-refractivity contribution in [1.29, 1.82) is 0 Å². The molecule has 0 aliphatic carbocycles. The van der Waals surface area contributed by atoms with E-state index in [1.54, 1.807) is 44.2 Å². The largest absolute Gasteiger partial charge is 0.465 e. The number of ether oxygens (including phenoxy) is 2.